The molecule has 0 aliphatic carbocycles. The molecule has 21 heavy (non-hydrogen) atoms. The number of sulfonamides is 1. The van der Waals surface area contributed by atoms with E-state index < -0.39 is 56.7 Å². The van der Waals surface area contributed by atoms with E-state index >= 15 is 0 Å². The highest BCUT2D eigenvalue weighted by atomic mass is 32.2. The van der Waals surface area contributed by atoms with Crippen LogP contribution in [0.15, 0.2) is 4.90 Å². The van der Waals surface area contributed by atoms with Crippen LogP contribution in [0.1, 0.15) is 12.8 Å². The molecule has 1 saturated heterocycles. The van der Waals surface area contributed by atoms with Crippen LogP contribution in [0.3, 0.4) is 0 Å². The van der Waals surface area contributed by atoms with Crippen molar-refractivity contribution in [1.29, 1.82) is 0 Å². The number of benzene rings is 1. The highest BCUT2D eigenvalue weighted by Crippen LogP contribution is 2.32. The minimum Gasteiger partial charge on any atom is -0.395 e. The lowest BCUT2D eigenvalue weighted by Crippen LogP contribution is -2.38. The van der Waals surface area contributed by atoms with E-state index in [1.54, 1.807) is 0 Å². The van der Waals surface area contributed by atoms with Crippen LogP contribution in [0.5, 0.6) is 0 Å². The van der Waals surface area contributed by atoms with Crippen molar-refractivity contribution in [1.82, 2.24) is 4.31 Å². The molecule has 1 atom stereocenters. The summed E-state index contributed by atoms with van der Waals surface area (Å²) >= 11 is 0. The normalized spacial score (nSPS) is 20.2. The molecule has 0 radical (unpaired) electrons. The van der Waals surface area contributed by atoms with Crippen molar-refractivity contribution in [2.24, 2.45) is 0 Å². The molecule has 10 heteroatoms. The summed E-state index contributed by atoms with van der Waals surface area (Å²) in [6.07, 6.45) is 0.533. The van der Waals surface area contributed by atoms with E-state index in [4.69, 9.17) is 5.11 Å². The summed E-state index contributed by atoms with van der Waals surface area (Å²) in [6.45, 7) is -0.790. The molecule has 0 spiro atoms. The number of aliphatic hydroxyl groups excluding tert-OH is 1. The average Bonchev–Trinajstić information content (AvgIpc) is 2.92. The standard InChI is InChI=1S/C11H10F5NO3S/c12-6-7(13)9(15)11(10(16)8(6)14)21(19,20)17-3-1-2-5(17)4-18/h5,18H,1-4H2/t5-/m1/s1. The quantitative estimate of drug-likeness (QED) is 0.519. The number of hydrogen-bond acceptors (Lipinski definition) is 3. The Morgan fingerprint density at radius 2 is 1.48 bits per heavy atom. The number of rotatable bonds is 3. The van der Waals surface area contributed by atoms with E-state index in [0.717, 1.165) is 0 Å². The van der Waals surface area contributed by atoms with Gasteiger partial charge in [0.2, 0.25) is 15.8 Å². The Balaban J connectivity index is 2.66. The van der Waals surface area contributed by atoms with Crippen LogP contribution in [-0.2, 0) is 10.0 Å². The molecule has 1 aromatic rings. The van der Waals surface area contributed by atoms with Crippen LogP contribution < -0.4 is 0 Å². The van der Waals surface area contributed by atoms with Gasteiger partial charge in [0.15, 0.2) is 28.2 Å². The number of hydrogen-bond donors (Lipinski definition) is 1. The van der Waals surface area contributed by atoms with Crippen molar-refractivity contribution < 1.29 is 35.5 Å². The molecular formula is C11H10F5NO3S. The van der Waals surface area contributed by atoms with Gasteiger partial charge in [-0.2, -0.15) is 4.31 Å². The van der Waals surface area contributed by atoms with Gasteiger partial charge in [-0.05, 0) is 12.8 Å². The fourth-order valence-corrected chi connectivity index (χ4v) is 4.04. The van der Waals surface area contributed by atoms with Gasteiger partial charge in [-0.1, -0.05) is 0 Å². The number of aliphatic hydroxyl groups is 1. The van der Waals surface area contributed by atoms with Crippen LogP contribution >= 0.6 is 0 Å². The second-order valence-corrected chi connectivity index (χ2v) is 6.32. The SMILES string of the molecule is O=S(=O)(c1c(F)c(F)c(F)c(F)c1F)N1CCC[C@@H]1CO. The maximum absolute atomic E-state index is 13.6. The van der Waals surface area contributed by atoms with Gasteiger partial charge in [0.05, 0.1) is 6.61 Å². The molecule has 1 fully saturated rings. The van der Waals surface area contributed by atoms with Crippen LogP contribution in [0.4, 0.5) is 22.0 Å². The molecule has 118 valence electrons. The van der Waals surface area contributed by atoms with Gasteiger partial charge in [-0.3, -0.25) is 0 Å². The predicted octanol–water partition coefficient (Wildman–Crippen LogP) is 1.53. The summed E-state index contributed by atoms with van der Waals surface area (Å²) in [7, 11) is -4.95. The van der Waals surface area contributed by atoms with Gasteiger partial charge in [0, 0.05) is 12.6 Å². The van der Waals surface area contributed by atoms with Crippen LogP contribution in [0.25, 0.3) is 0 Å². The molecule has 1 heterocycles. The Labute approximate surface area is 116 Å². The van der Waals surface area contributed by atoms with Crippen molar-refractivity contribution in [2.45, 2.75) is 23.8 Å². The van der Waals surface area contributed by atoms with Gasteiger partial charge in [-0.15, -0.1) is 0 Å². The van der Waals surface area contributed by atoms with Crippen LogP contribution in [0.2, 0.25) is 0 Å². The third kappa shape index (κ3) is 2.40. The molecule has 0 bridgehead atoms. The van der Waals surface area contributed by atoms with Crippen LogP contribution in [0, 0.1) is 29.1 Å². The second-order valence-electron chi connectivity index (χ2n) is 4.49. The fraction of sp³-hybridized carbons (Fsp3) is 0.455. The Morgan fingerprint density at radius 1 is 1.00 bits per heavy atom. The maximum Gasteiger partial charge on any atom is 0.249 e. The van der Waals surface area contributed by atoms with E-state index in [1.807, 2.05) is 0 Å². The Hall–Kier alpha value is -1.26. The van der Waals surface area contributed by atoms with Gasteiger partial charge >= 0.3 is 0 Å². The number of nitrogens with zero attached hydrogens (tertiary/aromatic N) is 1. The molecule has 0 aromatic heterocycles. The summed E-state index contributed by atoms with van der Waals surface area (Å²) in [5, 5.41) is 9.04. The predicted molar refractivity (Wildman–Crippen MR) is 60.2 cm³/mol. The lowest BCUT2D eigenvalue weighted by Gasteiger charge is -2.23. The largest absolute Gasteiger partial charge is 0.395 e. The summed E-state index contributed by atoms with van der Waals surface area (Å²) in [4.78, 5) is -1.89. The Morgan fingerprint density at radius 3 is 1.95 bits per heavy atom. The lowest BCUT2D eigenvalue weighted by atomic mass is 10.2. The first-order valence-corrected chi connectivity index (χ1v) is 7.31. The van der Waals surface area contributed by atoms with Crippen molar-refractivity contribution in [3.63, 3.8) is 0 Å². The van der Waals surface area contributed by atoms with Crippen molar-refractivity contribution in [2.75, 3.05) is 13.2 Å². The second kappa shape index (κ2) is 5.50. The van der Waals surface area contributed by atoms with Gasteiger partial charge in [0.1, 0.15) is 0 Å². The molecule has 0 amide bonds. The molecule has 4 nitrogen and oxygen atoms in total. The Bertz CT molecular complexity index is 650. The summed E-state index contributed by atoms with van der Waals surface area (Å²) in [6, 6.07) is -0.954. The summed E-state index contributed by atoms with van der Waals surface area (Å²) in [5.41, 5.74) is 0. The third-order valence-electron chi connectivity index (χ3n) is 3.27. The van der Waals surface area contributed by atoms with E-state index in [0.29, 0.717) is 10.7 Å². The van der Waals surface area contributed by atoms with E-state index in [1.165, 1.54) is 0 Å². The minimum absolute atomic E-state index is 0.174. The fourth-order valence-electron chi connectivity index (χ4n) is 2.24. The zero-order valence-corrected chi connectivity index (χ0v) is 11.2. The highest BCUT2D eigenvalue weighted by Gasteiger charge is 2.41. The van der Waals surface area contributed by atoms with E-state index in [2.05, 4.69) is 0 Å². The first-order chi connectivity index (χ1) is 9.73. The maximum atomic E-state index is 13.6. The van der Waals surface area contributed by atoms with E-state index in [9.17, 15) is 30.4 Å². The first kappa shape index (κ1) is 16.1. The zero-order valence-electron chi connectivity index (χ0n) is 10.4. The van der Waals surface area contributed by atoms with Gasteiger partial charge < -0.3 is 5.11 Å². The molecule has 0 unspecified atom stereocenters. The smallest absolute Gasteiger partial charge is 0.249 e. The number of halogens is 5. The molecule has 1 N–H and O–H groups in total. The Kier molecular flexibility index (Phi) is 4.22. The topological polar surface area (TPSA) is 57.6 Å². The molecule has 0 saturated carbocycles. The van der Waals surface area contributed by atoms with Gasteiger partial charge in [-0.25, -0.2) is 30.4 Å². The zero-order chi connectivity index (χ0) is 15.9. The monoisotopic (exact) mass is 331 g/mol. The summed E-state index contributed by atoms with van der Waals surface area (Å²) < 4.78 is 91.2. The molecule has 1 aliphatic heterocycles. The van der Waals surface area contributed by atoms with E-state index in [-0.39, 0.29) is 13.0 Å². The first-order valence-electron chi connectivity index (χ1n) is 5.87. The third-order valence-corrected chi connectivity index (χ3v) is 5.24. The molecule has 2 rings (SSSR count). The lowest BCUT2D eigenvalue weighted by molar-refractivity contribution is 0.212. The molecular weight excluding hydrogens is 321 g/mol. The molecule has 1 aliphatic rings. The minimum atomic E-state index is -4.95. The van der Waals surface area contributed by atoms with Gasteiger partial charge in [0.25, 0.3) is 0 Å². The average molecular weight is 331 g/mol. The van der Waals surface area contributed by atoms with Crippen LogP contribution in [-0.4, -0.2) is 37.0 Å². The van der Waals surface area contributed by atoms with Crippen molar-refractivity contribution >= 4 is 10.0 Å². The highest BCUT2D eigenvalue weighted by molar-refractivity contribution is 7.89. The molecule has 1 aromatic carbocycles. The van der Waals surface area contributed by atoms with Crippen molar-refractivity contribution in [3.8, 4) is 0 Å². The van der Waals surface area contributed by atoms with Crippen molar-refractivity contribution in [3.05, 3.63) is 29.1 Å². The summed E-state index contributed by atoms with van der Waals surface area (Å²) in [5.74, 6) is -11.9.